The summed E-state index contributed by atoms with van der Waals surface area (Å²) in [6.07, 6.45) is 4.92. The quantitative estimate of drug-likeness (QED) is 0.205. The van der Waals surface area contributed by atoms with E-state index in [0.717, 1.165) is 36.8 Å². The van der Waals surface area contributed by atoms with Gasteiger partial charge in [-0.25, -0.2) is 8.42 Å². The molecule has 4 N–H and O–H groups in total. The van der Waals surface area contributed by atoms with E-state index in [4.69, 9.17) is 27.5 Å². The number of sulfonamides is 1. The lowest BCUT2D eigenvalue weighted by atomic mass is 10.1. The molecule has 1 fully saturated rings. The summed E-state index contributed by atoms with van der Waals surface area (Å²) in [5.74, 6) is -2.17. The fraction of sp³-hybridized carbons (Fsp3) is 0.267. The molecule has 4 rings (SSSR count). The first kappa shape index (κ1) is 30.1. The summed E-state index contributed by atoms with van der Waals surface area (Å²) in [5, 5.41) is 17.0. The van der Waals surface area contributed by atoms with Gasteiger partial charge in [-0.1, -0.05) is 72.3 Å². The van der Waals surface area contributed by atoms with E-state index in [-0.39, 0.29) is 29.2 Å². The van der Waals surface area contributed by atoms with Gasteiger partial charge in [0, 0.05) is 25.2 Å². The van der Waals surface area contributed by atoms with Crippen molar-refractivity contribution in [1.82, 2.24) is 4.90 Å². The highest BCUT2D eigenvalue weighted by Gasteiger charge is 2.26. The highest BCUT2D eigenvalue weighted by atomic mass is 35.5. The molecule has 0 bridgehead atoms. The number of carboxylic acids is 1. The van der Waals surface area contributed by atoms with Gasteiger partial charge >= 0.3 is 5.97 Å². The summed E-state index contributed by atoms with van der Waals surface area (Å²) in [7, 11) is -4.22. The molecule has 1 aliphatic rings. The van der Waals surface area contributed by atoms with Crippen LogP contribution in [0.4, 0.5) is 5.69 Å². The Balaban J connectivity index is 1.44. The number of nitrogens with zero attached hydrogens (tertiary/aromatic N) is 2. The SMILES string of the molecule is N=C(N)c1cccc(C=CCN(c2ccc(OC3CCN(Cc4ccccc4)CC3)c(Cl)c2)S(=O)(=O)CC(=O)O)c1. The van der Waals surface area contributed by atoms with Crippen molar-refractivity contribution in [3.8, 4) is 5.75 Å². The van der Waals surface area contributed by atoms with Gasteiger partial charge in [-0.2, -0.15) is 0 Å². The van der Waals surface area contributed by atoms with Crippen LogP contribution in [0, 0.1) is 5.41 Å². The highest BCUT2D eigenvalue weighted by molar-refractivity contribution is 7.93. The molecule has 0 saturated carbocycles. The maximum absolute atomic E-state index is 13.0. The zero-order valence-electron chi connectivity index (χ0n) is 22.4. The van der Waals surface area contributed by atoms with E-state index in [1.165, 1.54) is 11.6 Å². The second kappa shape index (κ2) is 13.7. The molecule has 1 heterocycles. The number of benzene rings is 3. The third-order valence-electron chi connectivity index (χ3n) is 6.70. The standard InChI is InChI=1S/C30H33ClN4O5S/c31-27-19-25(11-12-28(27)40-26-13-16-34(17-14-26)20-23-6-2-1-3-7-23)35(41(38,39)21-29(36)37)15-5-9-22-8-4-10-24(18-22)30(32)33/h1-12,18-19,26H,13-17,20-21H2,(H3,32,33)(H,36,37). The molecule has 0 radical (unpaired) electrons. The van der Waals surface area contributed by atoms with Crippen molar-refractivity contribution in [2.45, 2.75) is 25.5 Å². The fourth-order valence-corrected chi connectivity index (χ4v) is 6.09. The van der Waals surface area contributed by atoms with E-state index in [1.54, 1.807) is 48.6 Å². The van der Waals surface area contributed by atoms with Crippen LogP contribution in [0.2, 0.25) is 5.02 Å². The molecule has 3 aromatic carbocycles. The number of hydrogen-bond donors (Lipinski definition) is 3. The number of likely N-dealkylation sites (tertiary alicyclic amines) is 1. The van der Waals surface area contributed by atoms with E-state index in [9.17, 15) is 18.3 Å². The first-order valence-corrected chi connectivity index (χ1v) is 15.1. The number of carbonyl (C=O) groups is 1. The topological polar surface area (TPSA) is 137 Å². The summed E-state index contributed by atoms with van der Waals surface area (Å²) >= 11 is 6.54. The van der Waals surface area contributed by atoms with Crippen LogP contribution in [-0.4, -0.2) is 61.7 Å². The smallest absolute Gasteiger partial charge is 0.320 e. The number of rotatable bonds is 12. The number of ether oxygens (including phenoxy) is 1. The molecule has 1 aliphatic heterocycles. The van der Waals surface area contributed by atoms with E-state index >= 15 is 0 Å². The lowest BCUT2D eigenvalue weighted by molar-refractivity contribution is -0.134. The van der Waals surface area contributed by atoms with Crippen molar-refractivity contribution in [2.24, 2.45) is 5.73 Å². The Bertz CT molecular complexity index is 1510. The minimum absolute atomic E-state index is 0.0223. The number of aliphatic carboxylic acids is 1. The predicted molar refractivity (Wildman–Crippen MR) is 162 cm³/mol. The second-order valence-electron chi connectivity index (χ2n) is 9.82. The summed E-state index contributed by atoms with van der Waals surface area (Å²) < 4.78 is 33.2. The van der Waals surface area contributed by atoms with E-state index < -0.39 is 21.7 Å². The number of halogens is 1. The molecular formula is C30H33ClN4O5S. The normalized spacial score (nSPS) is 14.7. The van der Waals surface area contributed by atoms with Crippen LogP contribution in [0.25, 0.3) is 6.08 Å². The Morgan fingerprint density at radius 1 is 1.10 bits per heavy atom. The van der Waals surface area contributed by atoms with Crippen molar-refractivity contribution < 1.29 is 23.1 Å². The van der Waals surface area contributed by atoms with Gasteiger partial charge in [0.15, 0.2) is 5.75 Å². The van der Waals surface area contributed by atoms with Gasteiger partial charge in [-0.15, -0.1) is 0 Å². The first-order valence-electron chi connectivity index (χ1n) is 13.2. The highest BCUT2D eigenvalue weighted by Crippen LogP contribution is 2.33. The number of nitrogens with one attached hydrogen (secondary N) is 1. The van der Waals surface area contributed by atoms with Gasteiger partial charge in [0.1, 0.15) is 17.7 Å². The van der Waals surface area contributed by atoms with E-state index in [2.05, 4.69) is 17.0 Å². The van der Waals surface area contributed by atoms with Crippen molar-refractivity contribution in [1.29, 1.82) is 5.41 Å². The van der Waals surface area contributed by atoms with Gasteiger partial charge in [0.25, 0.3) is 0 Å². The molecule has 0 unspecified atom stereocenters. The molecule has 0 aromatic heterocycles. The summed E-state index contributed by atoms with van der Waals surface area (Å²) in [5.41, 5.74) is 8.29. The maximum Gasteiger partial charge on any atom is 0.320 e. The Hall–Kier alpha value is -3.86. The first-order chi connectivity index (χ1) is 19.6. The van der Waals surface area contributed by atoms with Crippen LogP contribution in [0.1, 0.15) is 29.5 Å². The van der Waals surface area contributed by atoms with Crippen LogP contribution in [0.3, 0.4) is 0 Å². The van der Waals surface area contributed by atoms with Crippen molar-refractivity contribution >= 4 is 45.2 Å². The van der Waals surface area contributed by atoms with Gasteiger partial charge < -0.3 is 15.6 Å². The molecular weight excluding hydrogens is 564 g/mol. The molecule has 0 spiro atoms. The van der Waals surface area contributed by atoms with Crippen LogP contribution in [-0.2, 0) is 21.4 Å². The van der Waals surface area contributed by atoms with Gasteiger partial charge in [0.05, 0.1) is 17.3 Å². The molecule has 9 nitrogen and oxygen atoms in total. The second-order valence-corrected chi connectivity index (χ2v) is 12.1. The molecule has 3 aromatic rings. The maximum atomic E-state index is 13.0. The number of nitrogen functional groups attached to an aromatic ring is 1. The lowest BCUT2D eigenvalue weighted by Gasteiger charge is -2.32. The number of hydrogen-bond acceptors (Lipinski definition) is 6. The number of anilines is 1. The van der Waals surface area contributed by atoms with Crippen molar-refractivity contribution in [3.63, 3.8) is 0 Å². The van der Waals surface area contributed by atoms with Crippen LogP contribution >= 0.6 is 11.6 Å². The lowest BCUT2D eigenvalue weighted by Crippen LogP contribution is -2.37. The molecule has 11 heteroatoms. The van der Waals surface area contributed by atoms with E-state index in [0.29, 0.717) is 16.9 Å². The average Bonchev–Trinajstić information content (AvgIpc) is 2.93. The average molecular weight is 597 g/mol. The zero-order chi connectivity index (χ0) is 29.4. The summed E-state index contributed by atoms with van der Waals surface area (Å²) in [6, 6.07) is 21.9. The molecule has 216 valence electrons. The van der Waals surface area contributed by atoms with Crippen LogP contribution < -0.4 is 14.8 Å². The van der Waals surface area contributed by atoms with Crippen molar-refractivity contribution in [2.75, 3.05) is 29.7 Å². The summed E-state index contributed by atoms with van der Waals surface area (Å²) in [6.45, 7) is 2.53. The third-order valence-corrected chi connectivity index (χ3v) is 8.64. The Morgan fingerprint density at radius 2 is 1.83 bits per heavy atom. The zero-order valence-corrected chi connectivity index (χ0v) is 24.0. The van der Waals surface area contributed by atoms with Crippen LogP contribution in [0.15, 0.2) is 78.9 Å². The molecule has 41 heavy (non-hydrogen) atoms. The fourth-order valence-electron chi connectivity index (χ4n) is 4.65. The molecule has 0 atom stereocenters. The molecule has 1 saturated heterocycles. The largest absolute Gasteiger partial charge is 0.489 e. The van der Waals surface area contributed by atoms with Crippen molar-refractivity contribution in [3.05, 3.63) is 101 Å². The molecule has 0 amide bonds. The van der Waals surface area contributed by atoms with Gasteiger partial charge in [-0.05, 0) is 48.2 Å². The number of carboxylic acid groups (broad SMARTS) is 1. The van der Waals surface area contributed by atoms with Gasteiger partial charge in [0.2, 0.25) is 10.0 Å². The predicted octanol–water partition coefficient (Wildman–Crippen LogP) is 4.60. The summed E-state index contributed by atoms with van der Waals surface area (Å²) in [4.78, 5) is 13.7. The third kappa shape index (κ3) is 8.56. The van der Waals surface area contributed by atoms with Gasteiger partial charge in [-0.3, -0.25) is 19.4 Å². The minimum Gasteiger partial charge on any atom is -0.489 e. The van der Waals surface area contributed by atoms with Crippen LogP contribution in [0.5, 0.6) is 5.75 Å². The number of piperidine rings is 1. The Labute approximate surface area is 245 Å². The number of amidine groups is 1. The number of nitrogens with two attached hydrogens (primary N) is 1. The minimum atomic E-state index is -4.22. The monoisotopic (exact) mass is 596 g/mol. The Kier molecular flexibility index (Phi) is 10.0. The molecule has 0 aliphatic carbocycles. The van der Waals surface area contributed by atoms with E-state index in [1.807, 2.05) is 18.2 Å². The Morgan fingerprint density at radius 3 is 2.49 bits per heavy atom.